The van der Waals surface area contributed by atoms with Crippen molar-refractivity contribution in [2.24, 2.45) is 5.92 Å². The van der Waals surface area contributed by atoms with Gasteiger partial charge in [0, 0.05) is 12.8 Å². The summed E-state index contributed by atoms with van der Waals surface area (Å²) in [5.41, 5.74) is 0.632. The summed E-state index contributed by atoms with van der Waals surface area (Å²) in [5, 5.41) is 0. The van der Waals surface area contributed by atoms with Crippen molar-refractivity contribution in [1.82, 2.24) is 19.9 Å². The zero-order valence-electron chi connectivity index (χ0n) is 13.8. The van der Waals surface area contributed by atoms with Crippen LogP contribution in [0.15, 0.2) is 4.79 Å². The highest BCUT2D eigenvalue weighted by Crippen LogP contribution is 2.28. The van der Waals surface area contributed by atoms with Crippen LogP contribution in [0.1, 0.15) is 50.8 Å². The minimum atomic E-state index is -0.233. The van der Waals surface area contributed by atoms with Gasteiger partial charge in [0.2, 0.25) is 0 Å². The molecule has 130 valence electrons. The Morgan fingerprint density at radius 2 is 2.04 bits per heavy atom. The van der Waals surface area contributed by atoms with E-state index in [0.29, 0.717) is 24.4 Å². The third-order valence-electron chi connectivity index (χ3n) is 5.06. The molecule has 4 rings (SSSR count). The van der Waals surface area contributed by atoms with E-state index in [0.717, 1.165) is 31.0 Å². The molecule has 3 heterocycles. The molecule has 0 aromatic carbocycles. The van der Waals surface area contributed by atoms with Gasteiger partial charge >= 0.3 is 0 Å². The van der Waals surface area contributed by atoms with Crippen molar-refractivity contribution < 1.29 is 9.47 Å². The first kappa shape index (κ1) is 15.6. The molecule has 2 N–H and O–H groups in total. The molecule has 1 saturated heterocycles. The Kier molecular flexibility index (Phi) is 4.51. The highest BCUT2D eigenvalue weighted by molar-refractivity contribution is 5.69. The lowest BCUT2D eigenvalue weighted by Gasteiger charge is -2.09. The first-order valence-electron chi connectivity index (χ1n) is 9.01. The lowest BCUT2D eigenvalue weighted by atomic mass is 10.0. The van der Waals surface area contributed by atoms with Crippen LogP contribution in [0, 0.1) is 5.92 Å². The lowest BCUT2D eigenvalue weighted by molar-refractivity contribution is 0.134. The van der Waals surface area contributed by atoms with E-state index >= 15 is 0 Å². The fourth-order valence-electron chi connectivity index (χ4n) is 3.73. The van der Waals surface area contributed by atoms with Crippen LogP contribution in [0.2, 0.25) is 0 Å². The summed E-state index contributed by atoms with van der Waals surface area (Å²) in [6, 6.07) is 0.229. The van der Waals surface area contributed by atoms with E-state index in [1.165, 1.54) is 32.1 Å². The molecule has 7 nitrogen and oxygen atoms in total. The summed E-state index contributed by atoms with van der Waals surface area (Å²) in [6.45, 7) is 1.22. The predicted octanol–water partition coefficient (Wildman–Crippen LogP) is 2.33. The van der Waals surface area contributed by atoms with Gasteiger partial charge in [-0.2, -0.15) is 4.98 Å². The van der Waals surface area contributed by atoms with Crippen LogP contribution >= 0.6 is 0 Å². The van der Waals surface area contributed by atoms with E-state index in [-0.39, 0.29) is 17.7 Å². The number of ether oxygens (including phenoxy) is 2. The third kappa shape index (κ3) is 3.45. The number of nitrogens with zero attached hydrogens (tertiary/aromatic N) is 2. The van der Waals surface area contributed by atoms with Crippen molar-refractivity contribution >= 4 is 11.2 Å². The SMILES string of the molecule is O=c1[nH]c(OC2CCOC2)nc2nc(CCCC3CCCC3)[nH]c12. The van der Waals surface area contributed by atoms with Crippen LogP contribution in [0.5, 0.6) is 6.01 Å². The predicted molar refractivity (Wildman–Crippen MR) is 89.3 cm³/mol. The Labute approximate surface area is 140 Å². The summed E-state index contributed by atoms with van der Waals surface area (Å²) in [6.07, 6.45) is 9.47. The summed E-state index contributed by atoms with van der Waals surface area (Å²) in [5.74, 6) is 1.71. The molecule has 0 bridgehead atoms. The molecule has 7 heteroatoms. The first-order chi connectivity index (χ1) is 11.8. The van der Waals surface area contributed by atoms with Gasteiger partial charge in [0.1, 0.15) is 11.9 Å². The summed E-state index contributed by atoms with van der Waals surface area (Å²) >= 11 is 0. The number of fused-ring (bicyclic) bond motifs is 1. The molecule has 2 aromatic rings. The fraction of sp³-hybridized carbons (Fsp3) is 0.706. The Morgan fingerprint density at radius 1 is 1.17 bits per heavy atom. The molecule has 1 atom stereocenters. The van der Waals surface area contributed by atoms with Gasteiger partial charge in [-0.15, -0.1) is 0 Å². The van der Waals surface area contributed by atoms with E-state index in [1.54, 1.807) is 0 Å². The van der Waals surface area contributed by atoms with E-state index in [1.807, 2.05) is 0 Å². The molecule has 0 amide bonds. The zero-order valence-corrected chi connectivity index (χ0v) is 13.8. The number of aromatic amines is 2. The summed E-state index contributed by atoms with van der Waals surface area (Å²) in [7, 11) is 0. The lowest BCUT2D eigenvalue weighted by Crippen LogP contribution is -2.20. The molecular weight excluding hydrogens is 308 g/mol. The Bertz CT molecular complexity index is 742. The van der Waals surface area contributed by atoms with Crippen molar-refractivity contribution in [2.45, 2.75) is 57.5 Å². The van der Waals surface area contributed by atoms with Crippen molar-refractivity contribution in [2.75, 3.05) is 13.2 Å². The van der Waals surface area contributed by atoms with Gasteiger partial charge in [-0.05, 0) is 12.3 Å². The maximum atomic E-state index is 12.2. The van der Waals surface area contributed by atoms with Gasteiger partial charge in [-0.1, -0.05) is 32.1 Å². The Morgan fingerprint density at radius 3 is 2.83 bits per heavy atom. The standard InChI is InChI=1S/C17H24N4O3/c22-16-14-15(20-17(21-16)24-12-8-9-23-10-12)19-13(18-14)7-3-6-11-4-1-2-5-11/h11-12H,1-10H2,(H2,18,19,20,21,22). The summed E-state index contributed by atoms with van der Waals surface area (Å²) < 4.78 is 10.9. The van der Waals surface area contributed by atoms with Gasteiger partial charge in [-0.3, -0.25) is 9.78 Å². The second kappa shape index (κ2) is 6.93. The zero-order chi connectivity index (χ0) is 16.4. The van der Waals surface area contributed by atoms with E-state index in [9.17, 15) is 4.79 Å². The number of H-pyrrole nitrogens is 2. The van der Waals surface area contributed by atoms with Crippen molar-refractivity contribution in [3.05, 3.63) is 16.2 Å². The molecule has 24 heavy (non-hydrogen) atoms. The molecule has 1 unspecified atom stereocenters. The molecule has 2 aliphatic rings. The van der Waals surface area contributed by atoms with Crippen LogP contribution in [0.4, 0.5) is 0 Å². The first-order valence-corrected chi connectivity index (χ1v) is 9.01. The van der Waals surface area contributed by atoms with Gasteiger partial charge in [0.25, 0.3) is 11.6 Å². The van der Waals surface area contributed by atoms with E-state index in [4.69, 9.17) is 9.47 Å². The number of rotatable bonds is 6. The minimum Gasteiger partial charge on any atom is -0.459 e. The number of nitrogens with one attached hydrogen (secondary N) is 2. The Hall–Kier alpha value is -1.89. The monoisotopic (exact) mass is 332 g/mol. The van der Waals surface area contributed by atoms with Crippen molar-refractivity contribution in [1.29, 1.82) is 0 Å². The van der Waals surface area contributed by atoms with Crippen molar-refractivity contribution in [3.63, 3.8) is 0 Å². The number of imidazole rings is 1. The smallest absolute Gasteiger partial charge is 0.298 e. The quantitative estimate of drug-likeness (QED) is 0.847. The molecule has 1 saturated carbocycles. The highest BCUT2D eigenvalue weighted by Gasteiger charge is 2.20. The maximum Gasteiger partial charge on any atom is 0.298 e. The van der Waals surface area contributed by atoms with Gasteiger partial charge in [0.05, 0.1) is 13.2 Å². The van der Waals surface area contributed by atoms with Gasteiger partial charge in [0.15, 0.2) is 11.2 Å². The molecular formula is C17H24N4O3. The topological polar surface area (TPSA) is 92.9 Å². The molecule has 2 aromatic heterocycles. The third-order valence-corrected chi connectivity index (χ3v) is 5.06. The van der Waals surface area contributed by atoms with Crippen LogP contribution < -0.4 is 10.3 Å². The molecule has 2 fully saturated rings. The molecule has 0 spiro atoms. The van der Waals surface area contributed by atoms with Gasteiger partial charge in [-0.25, -0.2) is 4.98 Å². The van der Waals surface area contributed by atoms with Gasteiger partial charge < -0.3 is 14.5 Å². The van der Waals surface area contributed by atoms with E-state index < -0.39 is 0 Å². The maximum absolute atomic E-state index is 12.2. The van der Waals surface area contributed by atoms with Crippen LogP contribution in [-0.4, -0.2) is 39.3 Å². The Balaban J connectivity index is 1.43. The second-order valence-electron chi connectivity index (χ2n) is 6.90. The normalized spacial score (nSPS) is 21.8. The number of hydrogen-bond acceptors (Lipinski definition) is 5. The number of hydrogen-bond donors (Lipinski definition) is 2. The highest BCUT2D eigenvalue weighted by atomic mass is 16.6. The molecule has 0 radical (unpaired) electrons. The average molecular weight is 332 g/mol. The summed E-state index contributed by atoms with van der Waals surface area (Å²) in [4.78, 5) is 26.8. The number of aromatic nitrogens is 4. The fourth-order valence-corrected chi connectivity index (χ4v) is 3.73. The second-order valence-corrected chi connectivity index (χ2v) is 6.90. The van der Waals surface area contributed by atoms with Crippen LogP contribution in [0.25, 0.3) is 11.2 Å². The van der Waals surface area contributed by atoms with Crippen LogP contribution in [-0.2, 0) is 11.2 Å². The minimum absolute atomic E-state index is 0.0459. The largest absolute Gasteiger partial charge is 0.459 e. The average Bonchev–Trinajstić information content (AvgIpc) is 3.28. The van der Waals surface area contributed by atoms with Crippen molar-refractivity contribution in [3.8, 4) is 6.01 Å². The number of aryl methyl sites for hydroxylation is 1. The van der Waals surface area contributed by atoms with Crippen LogP contribution in [0.3, 0.4) is 0 Å². The molecule has 1 aliphatic heterocycles. The van der Waals surface area contributed by atoms with E-state index in [2.05, 4.69) is 19.9 Å². The molecule has 1 aliphatic carbocycles.